The minimum absolute atomic E-state index is 0.0820. The zero-order chi connectivity index (χ0) is 26.5. The Morgan fingerprint density at radius 3 is 2.39 bits per heavy atom. The van der Waals surface area contributed by atoms with Gasteiger partial charge in [0.2, 0.25) is 5.43 Å². The number of hydrogen-bond acceptors (Lipinski definition) is 6. The van der Waals surface area contributed by atoms with E-state index in [0.717, 1.165) is 49.7 Å². The van der Waals surface area contributed by atoms with E-state index in [9.17, 15) is 31.5 Å². The molecule has 0 atom stereocenters. The number of carboxylic acid groups (broad SMARTS) is 1. The van der Waals surface area contributed by atoms with Crippen molar-refractivity contribution in [3.05, 3.63) is 69.6 Å². The summed E-state index contributed by atoms with van der Waals surface area (Å²) in [5, 5.41) is 13.0. The van der Waals surface area contributed by atoms with E-state index >= 15 is 0 Å². The lowest BCUT2D eigenvalue weighted by Crippen LogP contribution is -2.43. The van der Waals surface area contributed by atoms with Crippen molar-refractivity contribution >= 4 is 28.6 Å². The molecule has 3 aromatic rings. The molecule has 1 amide bonds. The molecule has 0 unspecified atom stereocenters. The number of carbonyl (C=O) groups is 2. The van der Waals surface area contributed by atoms with Crippen molar-refractivity contribution in [1.29, 1.82) is 0 Å². The first kappa shape index (κ1) is 26.5. The largest absolute Gasteiger partial charge is 0.490 e. The van der Waals surface area contributed by atoms with Crippen LogP contribution in [0.1, 0.15) is 15.9 Å². The number of carboxylic acids is 1. The van der Waals surface area contributed by atoms with Gasteiger partial charge in [-0.1, -0.05) is 0 Å². The van der Waals surface area contributed by atoms with E-state index in [4.69, 9.17) is 9.90 Å². The van der Waals surface area contributed by atoms with Crippen LogP contribution in [-0.2, 0) is 11.3 Å². The summed E-state index contributed by atoms with van der Waals surface area (Å²) in [5.41, 5.74) is 0.138. The van der Waals surface area contributed by atoms with E-state index in [0.29, 0.717) is 0 Å². The van der Waals surface area contributed by atoms with Crippen molar-refractivity contribution in [2.24, 2.45) is 0 Å². The van der Waals surface area contributed by atoms with Crippen LogP contribution in [0, 0.1) is 11.6 Å². The number of carbonyl (C=O) groups excluding carboxylic acids is 1. The van der Waals surface area contributed by atoms with Gasteiger partial charge < -0.3 is 25.6 Å². The maximum absolute atomic E-state index is 13.5. The number of aliphatic carboxylic acids is 1. The number of pyridine rings is 2. The maximum Gasteiger partial charge on any atom is 0.490 e. The zero-order valence-electron chi connectivity index (χ0n) is 18.5. The molecule has 14 heteroatoms. The molecule has 0 saturated carbocycles. The summed E-state index contributed by atoms with van der Waals surface area (Å²) in [4.78, 5) is 43.1. The molecule has 2 aromatic heterocycles. The van der Waals surface area contributed by atoms with Gasteiger partial charge in [0.15, 0.2) is 11.6 Å². The lowest BCUT2D eigenvalue weighted by atomic mass is 10.1. The standard InChI is InChI=1S/C20H19F2N5O2.C2HF3O2/c21-15-8-13-17(9-16(15)22)25-11-14(19(13)28)20(29)26-10-12-1-2-24-18(7-12)27-5-3-23-4-6-27;3-2(4,5)1(6)7/h1-2,7-9,11,23H,3-6,10H2,(H,25,28)(H,26,29);(H,6,7). The number of halogens is 5. The summed E-state index contributed by atoms with van der Waals surface area (Å²) in [6.07, 6.45) is -2.20. The zero-order valence-corrected chi connectivity index (χ0v) is 18.5. The highest BCUT2D eigenvalue weighted by Gasteiger charge is 2.38. The molecule has 4 rings (SSSR count). The van der Waals surface area contributed by atoms with Crippen LogP contribution in [0.25, 0.3) is 10.9 Å². The first-order chi connectivity index (χ1) is 17.0. The average Bonchev–Trinajstić information content (AvgIpc) is 2.84. The highest BCUT2D eigenvalue weighted by molar-refractivity contribution is 5.97. The Kier molecular flexibility index (Phi) is 8.19. The van der Waals surface area contributed by atoms with Crippen LogP contribution in [-0.4, -0.2) is 59.3 Å². The van der Waals surface area contributed by atoms with Crippen molar-refractivity contribution in [2.75, 3.05) is 31.1 Å². The summed E-state index contributed by atoms with van der Waals surface area (Å²) in [7, 11) is 0. The molecule has 0 radical (unpaired) electrons. The van der Waals surface area contributed by atoms with Gasteiger partial charge in [-0.25, -0.2) is 18.6 Å². The van der Waals surface area contributed by atoms with Gasteiger partial charge >= 0.3 is 12.1 Å². The fraction of sp³-hybridized carbons (Fsp3) is 0.273. The fourth-order valence-electron chi connectivity index (χ4n) is 3.30. The van der Waals surface area contributed by atoms with Crippen molar-refractivity contribution in [2.45, 2.75) is 12.7 Å². The van der Waals surface area contributed by atoms with Crippen LogP contribution >= 0.6 is 0 Å². The van der Waals surface area contributed by atoms with Crippen LogP contribution < -0.4 is 21.0 Å². The molecule has 9 nitrogen and oxygen atoms in total. The molecule has 192 valence electrons. The molecule has 1 saturated heterocycles. The lowest BCUT2D eigenvalue weighted by Gasteiger charge is -2.28. The number of fused-ring (bicyclic) bond motifs is 1. The fourth-order valence-corrected chi connectivity index (χ4v) is 3.30. The lowest BCUT2D eigenvalue weighted by molar-refractivity contribution is -0.192. The Morgan fingerprint density at radius 1 is 1.11 bits per heavy atom. The van der Waals surface area contributed by atoms with Gasteiger partial charge in [-0.05, 0) is 23.8 Å². The maximum atomic E-state index is 13.5. The Bertz CT molecular complexity index is 1320. The quantitative estimate of drug-likeness (QED) is 0.394. The number of aromatic amines is 1. The van der Waals surface area contributed by atoms with E-state index in [-0.39, 0.29) is 23.0 Å². The smallest absolute Gasteiger partial charge is 0.475 e. The van der Waals surface area contributed by atoms with Gasteiger partial charge in [0, 0.05) is 56.6 Å². The normalized spacial score (nSPS) is 13.6. The summed E-state index contributed by atoms with van der Waals surface area (Å²) in [5.74, 6) is -4.73. The number of rotatable bonds is 4. The Labute approximate surface area is 199 Å². The Morgan fingerprint density at radius 2 is 1.75 bits per heavy atom. The number of nitrogens with one attached hydrogen (secondary N) is 3. The molecule has 1 fully saturated rings. The van der Waals surface area contributed by atoms with Gasteiger partial charge in [0.05, 0.1) is 5.52 Å². The highest BCUT2D eigenvalue weighted by atomic mass is 19.4. The molecule has 4 N–H and O–H groups in total. The second-order valence-electron chi connectivity index (χ2n) is 7.59. The Balaban J connectivity index is 0.000000454. The average molecular weight is 513 g/mol. The highest BCUT2D eigenvalue weighted by Crippen LogP contribution is 2.16. The number of nitrogens with zero attached hydrogens (tertiary/aromatic N) is 2. The molecular formula is C22H20F5N5O4. The molecule has 0 spiro atoms. The molecular weight excluding hydrogens is 493 g/mol. The van der Waals surface area contributed by atoms with Crippen molar-refractivity contribution < 1.29 is 36.6 Å². The first-order valence-corrected chi connectivity index (χ1v) is 10.5. The number of benzene rings is 1. The topological polar surface area (TPSA) is 127 Å². The van der Waals surface area contributed by atoms with Gasteiger partial charge in [0.25, 0.3) is 5.91 Å². The van der Waals surface area contributed by atoms with E-state index in [1.165, 1.54) is 6.20 Å². The van der Waals surface area contributed by atoms with E-state index in [1.54, 1.807) is 12.3 Å². The van der Waals surface area contributed by atoms with Gasteiger partial charge in [-0.3, -0.25) is 9.59 Å². The molecule has 36 heavy (non-hydrogen) atoms. The number of hydrogen-bond donors (Lipinski definition) is 4. The number of aromatic nitrogens is 2. The van der Waals surface area contributed by atoms with Crippen LogP contribution in [0.3, 0.4) is 0 Å². The third-order valence-electron chi connectivity index (χ3n) is 5.11. The van der Waals surface area contributed by atoms with Crippen LogP contribution in [0.5, 0.6) is 0 Å². The second kappa shape index (κ2) is 11.1. The SMILES string of the molecule is O=C(NCc1ccnc(N2CCNCC2)c1)c1c[nH]c2cc(F)c(F)cc2c1=O.O=C(O)C(F)(F)F. The third kappa shape index (κ3) is 6.53. The van der Waals surface area contributed by atoms with E-state index in [2.05, 4.69) is 25.5 Å². The summed E-state index contributed by atoms with van der Waals surface area (Å²) in [6, 6.07) is 5.37. The third-order valence-corrected chi connectivity index (χ3v) is 5.11. The van der Waals surface area contributed by atoms with Gasteiger partial charge in [0.1, 0.15) is 11.4 Å². The predicted octanol–water partition coefficient (Wildman–Crippen LogP) is 2.17. The second-order valence-corrected chi connectivity index (χ2v) is 7.59. The molecule has 3 heterocycles. The minimum Gasteiger partial charge on any atom is -0.475 e. The van der Waals surface area contributed by atoms with Crippen molar-refractivity contribution in [3.8, 4) is 0 Å². The molecule has 1 aliphatic heterocycles. The molecule has 1 aliphatic rings. The molecule has 1 aromatic carbocycles. The summed E-state index contributed by atoms with van der Waals surface area (Å²) < 4.78 is 58.5. The number of amides is 1. The first-order valence-electron chi connectivity index (χ1n) is 10.5. The molecule has 0 aliphatic carbocycles. The summed E-state index contributed by atoms with van der Waals surface area (Å²) >= 11 is 0. The number of alkyl halides is 3. The van der Waals surface area contributed by atoms with Crippen LogP contribution in [0.15, 0.2) is 41.5 Å². The van der Waals surface area contributed by atoms with Crippen LogP contribution in [0.2, 0.25) is 0 Å². The van der Waals surface area contributed by atoms with Crippen LogP contribution in [0.4, 0.5) is 27.8 Å². The minimum atomic E-state index is -5.08. The van der Waals surface area contributed by atoms with Gasteiger partial charge in [-0.15, -0.1) is 0 Å². The Hall–Kier alpha value is -4.07. The number of anilines is 1. The van der Waals surface area contributed by atoms with Gasteiger partial charge in [-0.2, -0.15) is 13.2 Å². The molecule has 0 bridgehead atoms. The predicted molar refractivity (Wildman–Crippen MR) is 119 cm³/mol. The monoisotopic (exact) mass is 513 g/mol. The summed E-state index contributed by atoms with van der Waals surface area (Å²) in [6.45, 7) is 3.68. The van der Waals surface area contributed by atoms with Crippen molar-refractivity contribution in [1.82, 2.24) is 20.6 Å². The van der Waals surface area contributed by atoms with E-state index in [1.807, 2.05) is 6.07 Å². The van der Waals surface area contributed by atoms with Crippen molar-refractivity contribution in [3.63, 3.8) is 0 Å². The van der Waals surface area contributed by atoms with E-state index < -0.39 is 35.1 Å². The number of H-pyrrole nitrogens is 1. The number of piperazine rings is 1.